The highest BCUT2D eigenvalue weighted by Crippen LogP contribution is 2.34. The maximum absolute atomic E-state index is 13.0. The van der Waals surface area contributed by atoms with Crippen molar-refractivity contribution < 1.29 is 9.50 Å². The average Bonchev–Trinajstić information content (AvgIpc) is 2.46. The monoisotopic (exact) mass is 270 g/mol. The van der Waals surface area contributed by atoms with E-state index in [1.807, 2.05) is 0 Å². The minimum Gasteiger partial charge on any atom is -0.390 e. The number of benzene rings is 1. The van der Waals surface area contributed by atoms with Crippen LogP contribution in [0.3, 0.4) is 0 Å². The zero-order valence-electron chi connectivity index (χ0n) is 10.8. The van der Waals surface area contributed by atoms with Crippen LogP contribution < -0.4 is 0 Å². The van der Waals surface area contributed by atoms with Gasteiger partial charge in [-0.1, -0.05) is 37.4 Å². The first-order valence-electron chi connectivity index (χ1n) is 6.65. The fourth-order valence-electron chi connectivity index (χ4n) is 2.76. The van der Waals surface area contributed by atoms with E-state index in [-0.39, 0.29) is 5.82 Å². The van der Waals surface area contributed by atoms with Crippen molar-refractivity contribution in [3.8, 4) is 0 Å². The topological polar surface area (TPSA) is 20.2 Å². The summed E-state index contributed by atoms with van der Waals surface area (Å²) < 4.78 is 13.0. The molecule has 0 spiro atoms. The molecule has 0 radical (unpaired) electrons. The molecule has 2 unspecified atom stereocenters. The molecule has 2 atom stereocenters. The number of rotatable bonds is 2. The molecule has 1 saturated carbocycles. The van der Waals surface area contributed by atoms with E-state index >= 15 is 0 Å². The van der Waals surface area contributed by atoms with Crippen LogP contribution >= 0.6 is 11.6 Å². The van der Waals surface area contributed by atoms with Crippen molar-refractivity contribution in [1.29, 1.82) is 0 Å². The van der Waals surface area contributed by atoms with Crippen LogP contribution in [0.25, 0.3) is 0 Å². The van der Waals surface area contributed by atoms with Crippen molar-refractivity contribution >= 4 is 11.6 Å². The number of hydrogen-bond acceptors (Lipinski definition) is 1. The van der Waals surface area contributed by atoms with Gasteiger partial charge in [0.25, 0.3) is 0 Å². The van der Waals surface area contributed by atoms with Crippen LogP contribution in [-0.2, 0) is 6.42 Å². The molecular formula is C15H20ClFO. The summed E-state index contributed by atoms with van der Waals surface area (Å²) in [4.78, 5) is 0. The summed E-state index contributed by atoms with van der Waals surface area (Å²) in [6.45, 7) is 2.23. The number of halogens is 2. The van der Waals surface area contributed by atoms with E-state index in [4.69, 9.17) is 11.6 Å². The van der Waals surface area contributed by atoms with Crippen molar-refractivity contribution in [3.05, 3.63) is 34.6 Å². The zero-order valence-corrected chi connectivity index (χ0v) is 11.5. The van der Waals surface area contributed by atoms with Crippen LogP contribution in [0.2, 0.25) is 5.02 Å². The Balaban J connectivity index is 2.11. The Bertz CT molecular complexity index is 421. The summed E-state index contributed by atoms with van der Waals surface area (Å²) >= 11 is 6.03. The smallest absolute Gasteiger partial charge is 0.124 e. The molecular weight excluding hydrogens is 251 g/mol. The van der Waals surface area contributed by atoms with E-state index < -0.39 is 5.60 Å². The van der Waals surface area contributed by atoms with Gasteiger partial charge in [0, 0.05) is 11.4 Å². The van der Waals surface area contributed by atoms with Crippen LogP contribution in [0.1, 0.15) is 44.6 Å². The van der Waals surface area contributed by atoms with Crippen LogP contribution in [0.5, 0.6) is 0 Å². The molecule has 1 nitrogen and oxygen atoms in total. The maximum Gasteiger partial charge on any atom is 0.124 e. The van der Waals surface area contributed by atoms with E-state index in [0.29, 0.717) is 17.4 Å². The molecule has 0 amide bonds. The minimum absolute atomic E-state index is 0.328. The number of hydrogen-bond donors (Lipinski definition) is 1. The van der Waals surface area contributed by atoms with E-state index in [0.717, 1.165) is 31.2 Å². The summed E-state index contributed by atoms with van der Waals surface area (Å²) in [6, 6.07) is 4.41. The normalized spacial score (nSPS) is 29.0. The highest BCUT2D eigenvalue weighted by Gasteiger charge is 2.30. The standard InChI is InChI=1S/C15H20ClFO/c1-11-3-2-7-15(18,8-6-11)10-12-4-5-13(17)9-14(12)16/h4-5,9,11,18H,2-3,6-8,10H2,1H3. The molecule has 0 heterocycles. The van der Waals surface area contributed by atoms with Crippen LogP contribution in [-0.4, -0.2) is 10.7 Å². The lowest BCUT2D eigenvalue weighted by Gasteiger charge is -2.27. The summed E-state index contributed by atoms with van der Waals surface area (Å²) in [6.07, 6.45) is 5.43. The molecule has 0 aliphatic heterocycles. The van der Waals surface area contributed by atoms with Gasteiger partial charge < -0.3 is 5.11 Å². The second-order valence-electron chi connectivity index (χ2n) is 5.67. The fraction of sp³-hybridized carbons (Fsp3) is 0.600. The van der Waals surface area contributed by atoms with Gasteiger partial charge in [-0.15, -0.1) is 0 Å². The first-order chi connectivity index (χ1) is 8.48. The van der Waals surface area contributed by atoms with Gasteiger partial charge in [0.1, 0.15) is 5.82 Å². The van der Waals surface area contributed by atoms with Gasteiger partial charge in [-0.2, -0.15) is 0 Å². The molecule has 1 aliphatic rings. The second kappa shape index (κ2) is 5.58. The van der Waals surface area contributed by atoms with Gasteiger partial charge in [0.2, 0.25) is 0 Å². The molecule has 0 saturated heterocycles. The van der Waals surface area contributed by atoms with Gasteiger partial charge in [-0.25, -0.2) is 4.39 Å². The summed E-state index contributed by atoms with van der Waals surface area (Å²) in [7, 11) is 0. The molecule has 0 bridgehead atoms. The van der Waals surface area contributed by atoms with E-state index in [9.17, 15) is 9.50 Å². The quantitative estimate of drug-likeness (QED) is 0.792. The third-order valence-corrected chi connectivity index (χ3v) is 4.33. The molecule has 2 rings (SSSR count). The van der Waals surface area contributed by atoms with E-state index in [2.05, 4.69) is 6.92 Å². The molecule has 1 aromatic rings. The Kier molecular flexibility index (Phi) is 4.29. The van der Waals surface area contributed by atoms with Crippen molar-refractivity contribution in [2.45, 2.75) is 51.0 Å². The average molecular weight is 271 g/mol. The van der Waals surface area contributed by atoms with Crippen LogP contribution in [0, 0.1) is 11.7 Å². The van der Waals surface area contributed by atoms with Gasteiger partial charge >= 0.3 is 0 Å². The third-order valence-electron chi connectivity index (χ3n) is 3.98. The molecule has 0 aromatic heterocycles. The molecule has 3 heteroatoms. The third kappa shape index (κ3) is 3.46. The molecule has 1 aromatic carbocycles. The molecule has 1 aliphatic carbocycles. The highest BCUT2D eigenvalue weighted by molar-refractivity contribution is 6.31. The van der Waals surface area contributed by atoms with E-state index in [1.54, 1.807) is 6.07 Å². The van der Waals surface area contributed by atoms with Crippen molar-refractivity contribution in [2.24, 2.45) is 5.92 Å². The highest BCUT2D eigenvalue weighted by atomic mass is 35.5. The largest absolute Gasteiger partial charge is 0.390 e. The maximum atomic E-state index is 13.0. The fourth-order valence-corrected chi connectivity index (χ4v) is 2.99. The Hall–Kier alpha value is -0.600. The lowest BCUT2D eigenvalue weighted by atomic mass is 9.87. The molecule has 1 N–H and O–H groups in total. The predicted molar refractivity (Wildman–Crippen MR) is 72.3 cm³/mol. The molecule has 1 fully saturated rings. The Morgan fingerprint density at radius 2 is 2.17 bits per heavy atom. The second-order valence-corrected chi connectivity index (χ2v) is 6.08. The van der Waals surface area contributed by atoms with Gasteiger partial charge in [0.15, 0.2) is 0 Å². The van der Waals surface area contributed by atoms with Crippen molar-refractivity contribution in [3.63, 3.8) is 0 Å². The van der Waals surface area contributed by atoms with Crippen molar-refractivity contribution in [2.75, 3.05) is 0 Å². The lowest BCUT2D eigenvalue weighted by molar-refractivity contribution is 0.0244. The Labute approximate surface area is 113 Å². The summed E-state index contributed by atoms with van der Waals surface area (Å²) in [5, 5.41) is 11.1. The zero-order chi connectivity index (χ0) is 13.2. The van der Waals surface area contributed by atoms with Crippen molar-refractivity contribution in [1.82, 2.24) is 0 Å². The Morgan fingerprint density at radius 3 is 2.89 bits per heavy atom. The van der Waals surface area contributed by atoms with Crippen LogP contribution in [0.4, 0.5) is 4.39 Å². The SMILES string of the molecule is CC1CCCC(O)(Cc2ccc(F)cc2Cl)CC1. The van der Waals surface area contributed by atoms with Gasteiger partial charge in [-0.05, 0) is 42.9 Å². The van der Waals surface area contributed by atoms with Crippen LogP contribution in [0.15, 0.2) is 18.2 Å². The molecule has 100 valence electrons. The van der Waals surface area contributed by atoms with Gasteiger partial charge in [0.05, 0.1) is 5.60 Å². The Morgan fingerprint density at radius 1 is 1.39 bits per heavy atom. The molecule has 18 heavy (non-hydrogen) atoms. The summed E-state index contributed by atoms with van der Waals surface area (Å²) in [5.74, 6) is 0.355. The predicted octanol–water partition coefficient (Wildman–Crippen LogP) is 4.35. The van der Waals surface area contributed by atoms with Gasteiger partial charge in [-0.3, -0.25) is 0 Å². The first kappa shape index (κ1) is 13.8. The number of aliphatic hydroxyl groups is 1. The summed E-state index contributed by atoms with van der Waals surface area (Å²) in [5.41, 5.74) is 0.168. The van der Waals surface area contributed by atoms with E-state index in [1.165, 1.54) is 18.6 Å². The minimum atomic E-state index is -0.674. The lowest BCUT2D eigenvalue weighted by Crippen LogP contribution is -2.30. The first-order valence-corrected chi connectivity index (χ1v) is 7.03.